The summed E-state index contributed by atoms with van der Waals surface area (Å²) < 4.78 is 125. The van der Waals surface area contributed by atoms with Crippen molar-refractivity contribution in [2.75, 3.05) is 39.6 Å². The molecule has 0 aliphatic rings. The molecule has 0 atom stereocenters. The number of hydrogen-bond donors (Lipinski definition) is 0. The van der Waals surface area contributed by atoms with E-state index in [-0.39, 0.29) is 24.9 Å². The highest BCUT2D eigenvalue weighted by molar-refractivity contribution is 5.62. The van der Waals surface area contributed by atoms with E-state index in [1.54, 1.807) is 52.0 Å². The van der Waals surface area contributed by atoms with Crippen molar-refractivity contribution in [1.82, 2.24) is 30.6 Å². The summed E-state index contributed by atoms with van der Waals surface area (Å²) >= 11 is 0. The zero-order valence-corrected chi connectivity index (χ0v) is 33.6. The maximum atomic E-state index is 12.8. The van der Waals surface area contributed by atoms with E-state index < -0.39 is 24.1 Å². The van der Waals surface area contributed by atoms with Gasteiger partial charge in [-0.25, -0.2) is 0 Å². The Hall–Kier alpha value is -5.80. The van der Waals surface area contributed by atoms with Crippen molar-refractivity contribution in [2.45, 2.75) is 78.9 Å². The summed E-state index contributed by atoms with van der Waals surface area (Å²) in [7, 11) is 0. The minimum atomic E-state index is -4.72. The Bertz CT molecular complexity index is 2130. The van der Waals surface area contributed by atoms with Crippen molar-refractivity contribution in [1.29, 1.82) is 0 Å². The third-order valence-corrected chi connectivity index (χ3v) is 8.86. The van der Waals surface area contributed by atoms with E-state index in [0.717, 1.165) is 22.3 Å². The van der Waals surface area contributed by atoms with Crippen molar-refractivity contribution >= 4 is 0 Å². The van der Waals surface area contributed by atoms with Gasteiger partial charge in [0.15, 0.2) is 0 Å². The Morgan fingerprint density at radius 1 is 0.475 bits per heavy atom. The van der Waals surface area contributed by atoms with Crippen molar-refractivity contribution in [3.8, 4) is 34.3 Å². The van der Waals surface area contributed by atoms with Crippen LogP contribution in [0.5, 0.6) is 11.5 Å². The highest BCUT2D eigenvalue weighted by Gasteiger charge is 2.39. The molecule has 0 unspecified atom stereocenters. The zero-order valence-electron chi connectivity index (χ0n) is 33.6. The van der Waals surface area contributed by atoms with Crippen molar-refractivity contribution in [2.24, 2.45) is 0 Å². The average molecular weight is 865 g/mol. The van der Waals surface area contributed by atoms with Gasteiger partial charge in [0.1, 0.15) is 34.4 Å². The number of ether oxygens (including phenoxy) is 5. The van der Waals surface area contributed by atoms with Gasteiger partial charge in [-0.3, -0.25) is 0 Å². The summed E-state index contributed by atoms with van der Waals surface area (Å²) in [6.45, 7) is 9.82. The number of benzene rings is 2. The van der Waals surface area contributed by atoms with E-state index in [4.69, 9.17) is 32.7 Å². The van der Waals surface area contributed by atoms with E-state index in [0.29, 0.717) is 111 Å². The van der Waals surface area contributed by atoms with Crippen molar-refractivity contribution in [3.05, 3.63) is 93.3 Å². The van der Waals surface area contributed by atoms with Crippen LogP contribution < -0.4 is 9.47 Å². The van der Waals surface area contributed by atoms with E-state index in [2.05, 4.69) is 39.6 Å². The topological polar surface area (TPSA) is 176 Å². The molecule has 0 bridgehead atoms. The summed E-state index contributed by atoms with van der Waals surface area (Å²) in [6.07, 6.45) is -7.02. The molecule has 4 aromatic heterocycles. The molecule has 328 valence electrons. The largest absolute Gasteiger partial charge is 0.493 e. The van der Waals surface area contributed by atoms with Crippen LogP contribution in [-0.4, -0.2) is 70.2 Å². The summed E-state index contributed by atoms with van der Waals surface area (Å²) in [5.41, 5.74) is 4.96. The fraction of sp³-hybridized carbons (Fsp3) is 0.450. The smallest absolute Gasteiger partial charge is 0.471 e. The first kappa shape index (κ1) is 44.7. The predicted molar refractivity (Wildman–Crippen MR) is 199 cm³/mol. The summed E-state index contributed by atoms with van der Waals surface area (Å²) in [4.78, 5) is 6.90. The maximum absolute atomic E-state index is 12.8. The summed E-state index contributed by atoms with van der Waals surface area (Å²) in [5.74, 6) is -0.497. The molecule has 4 heterocycles. The molecule has 0 spiro atoms. The van der Waals surface area contributed by atoms with E-state index in [9.17, 15) is 26.3 Å². The summed E-state index contributed by atoms with van der Waals surface area (Å²) in [5, 5.41) is 15.0. The fourth-order valence-electron chi connectivity index (χ4n) is 6.14. The lowest BCUT2D eigenvalue weighted by Gasteiger charge is -2.13. The van der Waals surface area contributed by atoms with Gasteiger partial charge in [0.05, 0.1) is 52.9 Å². The molecule has 6 aromatic rings. The Labute approximate surface area is 344 Å². The van der Waals surface area contributed by atoms with Crippen LogP contribution in [0.2, 0.25) is 0 Å². The number of alkyl halides is 6. The second-order valence-corrected chi connectivity index (χ2v) is 13.9. The van der Waals surface area contributed by atoms with Crippen LogP contribution in [0.15, 0.2) is 54.5 Å². The molecule has 0 saturated carbocycles. The monoisotopic (exact) mass is 864 g/mol. The van der Waals surface area contributed by atoms with Crippen LogP contribution >= 0.6 is 0 Å². The number of nitrogens with zero attached hydrogens (tertiary/aromatic N) is 6. The highest BCUT2D eigenvalue weighted by atomic mass is 19.4. The first-order valence-electron chi connectivity index (χ1n) is 19.1. The molecule has 15 nitrogen and oxygen atoms in total. The average Bonchev–Trinajstić information content (AvgIpc) is 4.03. The van der Waals surface area contributed by atoms with Crippen LogP contribution in [0.4, 0.5) is 26.3 Å². The molecule has 21 heteroatoms. The van der Waals surface area contributed by atoms with Crippen molar-refractivity contribution in [3.63, 3.8) is 0 Å². The quantitative estimate of drug-likeness (QED) is 0.0467. The third-order valence-electron chi connectivity index (χ3n) is 8.86. The van der Waals surface area contributed by atoms with Crippen LogP contribution in [0.25, 0.3) is 22.8 Å². The molecule has 0 amide bonds. The van der Waals surface area contributed by atoms with E-state index in [1.807, 2.05) is 12.1 Å². The van der Waals surface area contributed by atoms with Gasteiger partial charge in [0.25, 0.3) is 0 Å². The molecule has 0 radical (unpaired) electrons. The molecular weight excluding hydrogens is 822 g/mol. The van der Waals surface area contributed by atoms with Gasteiger partial charge in [-0.15, -0.1) is 0 Å². The highest BCUT2D eigenvalue weighted by Crippen LogP contribution is 2.34. The van der Waals surface area contributed by atoms with Crippen LogP contribution in [0.3, 0.4) is 0 Å². The van der Waals surface area contributed by atoms with Crippen molar-refractivity contribution < 1.29 is 68.1 Å². The lowest BCUT2D eigenvalue weighted by Crippen LogP contribution is -2.09. The Morgan fingerprint density at radius 3 is 1.21 bits per heavy atom. The van der Waals surface area contributed by atoms with Gasteiger partial charge in [-0.2, -0.15) is 36.3 Å². The minimum Gasteiger partial charge on any atom is -0.493 e. The van der Waals surface area contributed by atoms with Gasteiger partial charge in [-0.1, -0.05) is 20.6 Å². The molecule has 61 heavy (non-hydrogen) atoms. The lowest BCUT2D eigenvalue weighted by atomic mass is 10.1. The third kappa shape index (κ3) is 12.6. The molecular formula is C40H42F6N6O9. The molecule has 0 fully saturated rings. The van der Waals surface area contributed by atoms with Crippen LogP contribution in [-0.2, 0) is 52.6 Å². The second-order valence-electron chi connectivity index (χ2n) is 13.9. The van der Waals surface area contributed by atoms with Gasteiger partial charge < -0.3 is 41.8 Å². The first-order valence-corrected chi connectivity index (χ1v) is 19.1. The van der Waals surface area contributed by atoms with Gasteiger partial charge in [-0.05, 0) is 87.1 Å². The normalized spacial score (nSPS) is 12.1. The fourth-order valence-corrected chi connectivity index (χ4v) is 6.14. The Morgan fingerprint density at radius 2 is 0.852 bits per heavy atom. The second kappa shape index (κ2) is 20.2. The number of aryl methyl sites for hydroxylation is 6. The van der Waals surface area contributed by atoms with E-state index in [1.165, 1.54) is 0 Å². The van der Waals surface area contributed by atoms with Gasteiger partial charge >= 0.3 is 24.1 Å². The predicted octanol–water partition coefficient (Wildman–Crippen LogP) is 8.81. The standard InChI is InChI=1S/C40H42F6N6O9/c1-23-15-27(35-47-37(60-51-35)39(41,42)43)16-24(2)33(23)56-9-5-7-31-19-29(49-58-31)21-54-13-11-53-12-14-55-22-30-20-32(59-50-30)8-6-10-57-34-25(3)17-28(18-26(34)4)36-48-38(61-52-36)40(44,45)46/h15-20H,5-14,21-22H2,1-4H3. The molecule has 0 aliphatic carbocycles. The van der Waals surface area contributed by atoms with Gasteiger partial charge in [0, 0.05) is 36.1 Å². The zero-order chi connectivity index (χ0) is 43.6. The number of aromatic nitrogens is 6. The first-order chi connectivity index (χ1) is 29.1. The van der Waals surface area contributed by atoms with Crippen LogP contribution in [0.1, 0.15) is 69.8 Å². The van der Waals surface area contributed by atoms with Gasteiger partial charge in [0.2, 0.25) is 11.6 Å². The lowest BCUT2D eigenvalue weighted by molar-refractivity contribution is -0.160. The number of rotatable bonds is 22. The molecule has 0 N–H and O–H groups in total. The number of halogens is 6. The molecule has 0 saturated heterocycles. The molecule has 6 rings (SSSR count). The van der Waals surface area contributed by atoms with E-state index >= 15 is 0 Å². The molecule has 0 aliphatic heterocycles. The Balaban J connectivity index is 0.785. The van der Waals surface area contributed by atoms with Crippen LogP contribution in [0, 0.1) is 27.7 Å². The summed E-state index contributed by atoms with van der Waals surface area (Å²) in [6, 6.07) is 10.2. The molecule has 2 aromatic carbocycles. The maximum Gasteiger partial charge on any atom is 0.471 e. The number of hydrogen-bond acceptors (Lipinski definition) is 15. The minimum absolute atomic E-state index is 0.152. The Kier molecular flexibility index (Phi) is 14.8. The SMILES string of the molecule is Cc1cc(-c2noc(C(F)(F)F)n2)cc(C)c1OCCCc1cc(COCCOCCOCc2cc(CCCOc3c(C)cc(-c4noc(C(F)(F)F)n4)cc3C)on2)no1.